The summed E-state index contributed by atoms with van der Waals surface area (Å²) in [6, 6.07) is 0. The van der Waals surface area contributed by atoms with Crippen LogP contribution in [0, 0.1) is 5.41 Å². The second-order valence-electron chi connectivity index (χ2n) is 5.72. The zero-order valence-electron chi connectivity index (χ0n) is 12.1. The van der Waals surface area contributed by atoms with Crippen molar-refractivity contribution in [2.24, 2.45) is 5.41 Å². The van der Waals surface area contributed by atoms with E-state index in [2.05, 4.69) is 26.1 Å². The highest BCUT2D eigenvalue weighted by molar-refractivity contribution is 5.80. The summed E-state index contributed by atoms with van der Waals surface area (Å²) >= 11 is 0. The molecule has 0 aromatic carbocycles. The van der Waals surface area contributed by atoms with E-state index in [0.717, 1.165) is 6.42 Å². The van der Waals surface area contributed by atoms with E-state index >= 15 is 0 Å². The van der Waals surface area contributed by atoms with Crippen LogP contribution >= 0.6 is 0 Å². The number of hydrogen-bond acceptors (Lipinski definition) is 4. The summed E-state index contributed by atoms with van der Waals surface area (Å²) in [7, 11) is 1.40. The Morgan fingerprint density at radius 1 is 1.24 bits per heavy atom. The Balaban J connectivity index is 4.14. The van der Waals surface area contributed by atoms with E-state index in [4.69, 9.17) is 9.47 Å². The number of likely N-dealkylation sites (N-methyl/N-ethyl adjacent to an activating group) is 1. The summed E-state index contributed by atoms with van der Waals surface area (Å²) in [6.07, 6.45) is 0.969. The van der Waals surface area contributed by atoms with Gasteiger partial charge in [0.05, 0.1) is 13.7 Å². The molecule has 0 aromatic rings. The van der Waals surface area contributed by atoms with Crippen LogP contribution < -0.4 is 5.32 Å². The highest BCUT2D eigenvalue weighted by Crippen LogP contribution is 2.18. The Kier molecular flexibility index (Phi) is 6.72. The van der Waals surface area contributed by atoms with Crippen LogP contribution in [0.25, 0.3) is 0 Å². The van der Waals surface area contributed by atoms with Crippen molar-refractivity contribution in [1.82, 2.24) is 5.32 Å². The molecule has 0 aliphatic carbocycles. The first-order valence-electron chi connectivity index (χ1n) is 6.16. The maximum atomic E-state index is 11.7. The Morgan fingerprint density at radius 3 is 2.24 bits per heavy atom. The summed E-state index contributed by atoms with van der Waals surface area (Å²) in [6.45, 7) is 12.0. The molecule has 0 bridgehead atoms. The van der Waals surface area contributed by atoms with Crippen molar-refractivity contribution >= 4 is 5.97 Å². The maximum Gasteiger partial charge on any atom is 0.328 e. The van der Waals surface area contributed by atoms with E-state index in [9.17, 15) is 4.79 Å². The van der Waals surface area contributed by atoms with Crippen LogP contribution in [0.3, 0.4) is 0 Å². The molecular formula is C13H27NO3. The van der Waals surface area contributed by atoms with E-state index < -0.39 is 5.54 Å². The minimum absolute atomic E-state index is 0.250. The van der Waals surface area contributed by atoms with Crippen LogP contribution in [0.15, 0.2) is 0 Å². The molecule has 1 unspecified atom stereocenters. The quantitative estimate of drug-likeness (QED) is 0.550. The van der Waals surface area contributed by atoms with Gasteiger partial charge in [-0.1, -0.05) is 27.7 Å². The Morgan fingerprint density at radius 2 is 1.82 bits per heavy atom. The topological polar surface area (TPSA) is 47.6 Å². The third-order valence-corrected chi connectivity index (χ3v) is 2.59. The molecule has 1 N–H and O–H groups in total. The third kappa shape index (κ3) is 6.64. The second kappa shape index (κ2) is 6.97. The lowest BCUT2D eigenvalue weighted by Gasteiger charge is -2.28. The monoisotopic (exact) mass is 245 g/mol. The van der Waals surface area contributed by atoms with E-state index in [1.165, 1.54) is 7.11 Å². The number of esters is 1. The predicted octanol–water partition coefficient (Wildman–Crippen LogP) is 1.98. The second-order valence-corrected chi connectivity index (χ2v) is 5.72. The van der Waals surface area contributed by atoms with Crippen LogP contribution in [0.5, 0.6) is 0 Å². The smallest absolute Gasteiger partial charge is 0.328 e. The lowest BCUT2D eigenvalue weighted by atomic mass is 9.93. The van der Waals surface area contributed by atoms with Crippen LogP contribution in [-0.2, 0) is 14.3 Å². The highest BCUT2D eigenvalue weighted by Gasteiger charge is 2.33. The van der Waals surface area contributed by atoms with E-state index in [-0.39, 0.29) is 11.4 Å². The fourth-order valence-corrected chi connectivity index (χ4v) is 1.45. The molecule has 0 radical (unpaired) electrons. The summed E-state index contributed by atoms with van der Waals surface area (Å²) in [5.41, 5.74) is -0.499. The van der Waals surface area contributed by atoms with Crippen molar-refractivity contribution in [1.29, 1.82) is 0 Å². The third-order valence-electron chi connectivity index (χ3n) is 2.59. The molecular weight excluding hydrogens is 218 g/mol. The van der Waals surface area contributed by atoms with Gasteiger partial charge in [-0.25, -0.2) is 4.79 Å². The minimum Gasteiger partial charge on any atom is -0.468 e. The largest absolute Gasteiger partial charge is 0.468 e. The first kappa shape index (κ1) is 16.4. The Labute approximate surface area is 105 Å². The molecule has 0 saturated heterocycles. The van der Waals surface area contributed by atoms with Crippen LogP contribution in [0.1, 0.15) is 41.0 Å². The van der Waals surface area contributed by atoms with Crippen molar-refractivity contribution in [3.8, 4) is 0 Å². The summed E-state index contributed by atoms with van der Waals surface area (Å²) in [5, 5.41) is 3.11. The van der Waals surface area contributed by atoms with Crippen LogP contribution in [0.2, 0.25) is 0 Å². The molecule has 0 amide bonds. The molecule has 4 nitrogen and oxygen atoms in total. The number of ether oxygens (including phenoxy) is 2. The summed E-state index contributed by atoms with van der Waals surface area (Å²) < 4.78 is 10.4. The van der Waals surface area contributed by atoms with Gasteiger partial charge in [0.1, 0.15) is 5.54 Å². The first-order valence-corrected chi connectivity index (χ1v) is 6.16. The predicted molar refractivity (Wildman–Crippen MR) is 69.0 cm³/mol. The van der Waals surface area contributed by atoms with E-state index in [1.807, 2.05) is 6.92 Å². The van der Waals surface area contributed by atoms with E-state index in [0.29, 0.717) is 19.8 Å². The molecule has 0 aliphatic heterocycles. The van der Waals surface area contributed by atoms with E-state index in [1.54, 1.807) is 6.92 Å². The lowest BCUT2D eigenvalue weighted by molar-refractivity contribution is -0.150. The fraction of sp³-hybridized carbons (Fsp3) is 0.923. The van der Waals surface area contributed by atoms with Crippen molar-refractivity contribution in [2.45, 2.75) is 46.6 Å². The van der Waals surface area contributed by atoms with Gasteiger partial charge in [-0.2, -0.15) is 0 Å². The zero-order chi connectivity index (χ0) is 13.5. The number of carbonyl (C=O) groups excluding carboxylic acids is 1. The molecule has 0 rings (SSSR count). The van der Waals surface area contributed by atoms with Crippen LogP contribution in [-0.4, -0.2) is 38.4 Å². The molecule has 102 valence electrons. The average Bonchev–Trinajstić information content (AvgIpc) is 2.22. The standard InChI is InChI=1S/C13H27NO3/c1-7-14-13(5,11(15)16-6)10-17-9-8-12(2,3)4/h14H,7-10H2,1-6H3. The highest BCUT2D eigenvalue weighted by atomic mass is 16.5. The summed E-state index contributed by atoms with van der Waals surface area (Å²) in [4.78, 5) is 11.7. The number of nitrogens with one attached hydrogen (secondary N) is 1. The molecule has 0 fully saturated rings. The van der Waals surface area contributed by atoms with Gasteiger partial charge in [-0.15, -0.1) is 0 Å². The molecule has 0 aliphatic rings. The minimum atomic E-state index is -0.749. The number of hydrogen-bond donors (Lipinski definition) is 1. The number of carbonyl (C=O) groups is 1. The molecule has 0 spiro atoms. The van der Waals surface area contributed by atoms with Gasteiger partial charge < -0.3 is 14.8 Å². The molecule has 17 heavy (non-hydrogen) atoms. The molecule has 0 saturated carbocycles. The number of rotatable bonds is 7. The van der Waals surface area contributed by atoms with Crippen molar-refractivity contribution < 1.29 is 14.3 Å². The fourth-order valence-electron chi connectivity index (χ4n) is 1.45. The molecule has 4 heteroatoms. The SMILES string of the molecule is CCNC(C)(COCCC(C)(C)C)C(=O)OC. The summed E-state index contributed by atoms with van der Waals surface area (Å²) in [5.74, 6) is -0.282. The van der Waals surface area contributed by atoms with Gasteiger partial charge in [-0.3, -0.25) is 0 Å². The zero-order valence-corrected chi connectivity index (χ0v) is 12.1. The van der Waals surface area contributed by atoms with Gasteiger partial charge >= 0.3 is 5.97 Å². The average molecular weight is 245 g/mol. The number of methoxy groups -OCH3 is 1. The first-order chi connectivity index (χ1) is 7.75. The Bertz CT molecular complexity index is 235. The maximum absolute atomic E-state index is 11.7. The lowest BCUT2D eigenvalue weighted by Crippen LogP contribution is -2.53. The molecule has 0 aromatic heterocycles. The van der Waals surface area contributed by atoms with Gasteiger partial charge in [0, 0.05) is 6.61 Å². The van der Waals surface area contributed by atoms with Crippen molar-refractivity contribution in [3.05, 3.63) is 0 Å². The van der Waals surface area contributed by atoms with Gasteiger partial charge in [-0.05, 0) is 25.3 Å². The van der Waals surface area contributed by atoms with Gasteiger partial charge in [0.15, 0.2) is 0 Å². The molecule has 1 atom stereocenters. The normalized spacial score (nSPS) is 15.4. The molecule has 0 heterocycles. The van der Waals surface area contributed by atoms with Gasteiger partial charge in [0.25, 0.3) is 0 Å². The van der Waals surface area contributed by atoms with Crippen molar-refractivity contribution in [3.63, 3.8) is 0 Å². The van der Waals surface area contributed by atoms with Crippen molar-refractivity contribution in [2.75, 3.05) is 26.9 Å². The van der Waals surface area contributed by atoms with Crippen LogP contribution in [0.4, 0.5) is 0 Å². The van der Waals surface area contributed by atoms with Gasteiger partial charge in [0.2, 0.25) is 0 Å². The Hall–Kier alpha value is -0.610.